The summed E-state index contributed by atoms with van der Waals surface area (Å²) in [7, 11) is 0. The number of halogens is 1. The van der Waals surface area contributed by atoms with E-state index in [0.29, 0.717) is 25.2 Å². The van der Waals surface area contributed by atoms with Gasteiger partial charge in [0.2, 0.25) is 0 Å². The van der Waals surface area contributed by atoms with Gasteiger partial charge < -0.3 is 14.8 Å². The minimum absolute atomic E-state index is 0.161. The molecule has 3 nitrogen and oxygen atoms in total. The van der Waals surface area contributed by atoms with Crippen LogP contribution in [-0.4, -0.2) is 19.3 Å². The second kappa shape index (κ2) is 6.69. The van der Waals surface area contributed by atoms with E-state index in [1.54, 1.807) is 23.5 Å². The molecule has 23 heavy (non-hydrogen) atoms. The van der Waals surface area contributed by atoms with Crippen molar-refractivity contribution in [3.63, 3.8) is 0 Å². The minimum Gasteiger partial charge on any atom is -0.345 e. The maximum absolute atomic E-state index is 12.9. The number of benzene rings is 1. The SMILES string of the molecule is Fc1ccc(C2CC(NCc3ccc(C4OCCO4)s3)C2)cc1. The van der Waals surface area contributed by atoms with E-state index >= 15 is 0 Å². The van der Waals surface area contributed by atoms with Gasteiger partial charge in [-0.15, -0.1) is 11.3 Å². The van der Waals surface area contributed by atoms with Gasteiger partial charge in [0.1, 0.15) is 5.82 Å². The Morgan fingerprint density at radius 1 is 1.04 bits per heavy atom. The summed E-state index contributed by atoms with van der Waals surface area (Å²) in [5, 5.41) is 3.61. The number of thiophene rings is 1. The lowest BCUT2D eigenvalue weighted by Crippen LogP contribution is -2.39. The van der Waals surface area contributed by atoms with Crippen molar-refractivity contribution in [3.8, 4) is 0 Å². The van der Waals surface area contributed by atoms with Crippen LogP contribution >= 0.6 is 11.3 Å². The maximum atomic E-state index is 12.9. The first-order valence-corrected chi connectivity index (χ1v) is 8.90. The van der Waals surface area contributed by atoms with Crippen molar-refractivity contribution in [2.75, 3.05) is 13.2 Å². The molecule has 0 spiro atoms. The number of hydrogen-bond donors (Lipinski definition) is 1. The Morgan fingerprint density at radius 2 is 1.78 bits per heavy atom. The van der Waals surface area contributed by atoms with Crippen LogP contribution in [0.25, 0.3) is 0 Å². The highest BCUT2D eigenvalue weighted by Gasteiger charge is 2.30. The molecule has 0 radical (unpaired) electrons. The lowest BCUT2D eigenvalue weighted by molar-refractivity contribution is -0.0413. The molecule has 0 amide bonds. The average Bonchev–Trinajstić information content (AvgIpc) is 3.17. The van der Waals surface area contributed by atoms with Gasteiger partial charge in [-0.3, -0.25) is 0 Å². The fourth-order valence-corrected chi connectivity index (χ4v) is 4.14. The molecule has 1 saturated carbocycles. The fourth-order valence-electron chi connectivity index (χ4n) is 3.18. The van der Waals surface area contributed by atoms with E-state index in [9.17, 15) is 4.39 Å². The zero-order valence-corrected chi connectivity index (χ0v) is 13.7. The summed E-state index contributed by atoms with van der Waals surface area (Å²) in [6, 6.07) is 11.7. The molecule has 1 aromatic heterocycles. The number of rotatable bonds is 5. The first-order valence-electron chi connectivity index (χ1n) is 8.08. The van der Waals surface area contributed by atoms with Crippen LogP contribution in [0.5, 0.6) is 0 Å². The molecule has 1 aliphatic carbocycles. The van der Waals surface area contributed by atoms with E-state index in [2.05, 4.69) is 17.4 Å². The fraction of sp³-hybridized carbons (Fsp3) is 0.444. The van der Waals surface area contributed by atoms with Gasteiger partial charge >= 0.3 is 0 Å². The van der Waals surface area contributed by atoms with Gasteiger partial charge in [-0.25, -0.2) is 4.39 Å². The highest BCUT2D eigenvalue weighted by molar-refractivity contribution is 7.12. The number of nitrogens with one attached hydrogen (secondary N) is 1. The molecule has 2 heterocycles. The Hall–Kier alpha value is -1.27. The molecule has 0 unspecified atom stereocenters. The van der Waals surface area contributed by atoms with Crippen molar-refractivity contribution in [2.24, 2.45) is 0 Å². The molecular formula is C18H20FNO2S. The molecule has 1 saturated heterocycles. The number of ether oxygens (including phenoxy) is 2. The van der Waals surface area contributed by atoms with Crippen LogP contribution in [-0.2, 0) is 16.0 Å². The summed E-state index contributed by atoms with van der Waals surface area (Å²) >= 11 is 1.75. The van der Waals surface area contributed by atoms with Crippen molar-refractivity contribution in [1.82, 2.24) is 5.32 Å². The van der Waals surface area contributed by atoms with E-state index in [1.807, 2.05) is 12.1 Å². The quantitative estimate of drug-likeness (QED) is 0.898. The summed E-state index contributed by atoms with van der Waals surface area (Å²) in [5.74, 6) is 0.402. The zero-order chi connectivity index (χ0) is 15.6. The second-order valence-corrected chi connectivity index (χ2v) is 7.38. The molecular weight excluding hydrogens is 313 g/mol. The van der Waals surface area contributed by atoms with E-state index in [0.717, 1.165) is 24.3 Å². The Balaban J connectivity index is 1.24. The van der Waals surface area contributed by atoms with Gasteiger partial charge in [0.05, 0.1) is 18.1 Å². The highest BCUT2D eigenvalue weighted by Crippen LogP contribution is 2.37. The summed E-state index contributed by atoms with van der Waals surface area (Å²) < 4.78 is 24.0. The first-order chi connectivity index (χ1) is 11.3. The Kier molecular flexibility index (Phi) is 4.44. The van der Waals surface area contributed by atoms with Gasteiger partial charge in [0.25, 0.3) is 0 Å². The molecule has 2 fully saturated rings. The van der Waals surface area contributed by atoms with Crippen LogP contribution in [0.4, 0.5) is 4.39 Å². The van der Waals surface area contributed by atoms with Crippen molar-refractivity contribution >= 4 is 11.3 Å². The van der Waals surface area contributed by atoms with Crippen molar-refractivity contribution < 1.29 is 13.9 Å². The second-order valence-electron chi connectivity index (χ2n) is 6.18. The molecule has 0 bridgehead atoms. The average molecular weight is 333 g/mol. The molecule has 0 atom stereocenters. The van der Waals surface area contributed by atoms with Gasteiger partial charge in [-0.2, -0.15) is 0 Å². The lowest BCUT2D eigenvalue weighted by Gasteiger charge is -2.36. The summed E-state index contributed by atoms with van der Waals surface area (Å²) in [5.41, 5.74) is 1.25. The third-order valence-electron chi connectivity index (χ3n) is 4.58. The predicted octanol–water partition coefficient (Wildman–Crippen LogP) is 3.97. The van der Waals surface area contributed by atoms with E-state index in [4.69, 9.17) is 9.47 Å². The minimum atomic E-state index is -0.166. The molecule has 2 aliphatic rings. The van der Waals surface area contributed by atoms with Crippen LogP contribution in [0.15, 0.2) is 36.4 Å². The summed E-state index contributed by atoms with van der Waals surface area (Å²) in [6.45, 7) is 2.25. The van der Waals surface area contributed by atoms with Crippen LogP contribution in [0, 0.1) is 5.82 Å². The molecule has 4 rings (SSSR count). The Labute approximate surface area is 139 Å². The lowest BCUT2D eigenvalue weighted by atomic mass is 9.76. The third-order valence-corrected chi connectivity index (χ3v) is 5.69. The largest absolute Gasteiger partial charge is 0.345 e. The summed E-state index contributed by atoms with van der Waals surface area (Å²) in [6.07, 6.45) is 2.08. The first kappa shape index (κ1) is 15.3. The van der Waals surface area contributed by atoms with Crippen LogP contribution in [0.1, 0.15) is 40.4 Å². The standard InChI is InChI=1S/C18H20FNO2S/c19-14-3-1-12(2-4-14)13-9-15(10-13)20-11-16-5-6-17(23-16)18-21-7-8-22-18/h1-6,13,15,18,20H,7-11H2. The van der Waals surface area contributed by atoms with Crippen molar-refractivity contribution in [2.45, 2.75) is 37.6 Å². The van der Waals surface area contributed by atoms with Gasteiger partial charge in [-0.1, -0.05) is 12.1 Å². The van der Waals surface area contributed by atoms with Gasteiger partial charge in [0.15, 0.2) is 6.29 Å². The molecule has 1 aromatic carbocycles. The smallest absolute Gasteiger partial charge is 0.193 e. The molecule has 2 aromatic rings. The molecule has 5 heteroatoms. The molecule has 1 aliphatic heterocycles. The van der Waals surface area contributed by atoms with Gasteiger partial charge in [0, 0.05) is 17.5 Å². The van der Waals surface area contributed by atoms with Gasteiger partial charge in [-0.05, 0) is 48.6 Å². The normalized spacial score (nSPS) is 24.7. The van der Waals surface area contributed by atoms with Crippen molar-refractivity contribution in [1.29, 1.82) is 0 Å². The highest BCUT2D eigenvalue weighted by atomic mass is 32.1. The van der Waals surface area contributed by atoms with Crippen LogP contribution in [0.3, 0.4) is 0 Å². The van der Waals surface area contributed by atoms with Crippen molar-refractivity contribution in [3.05, 3.63) is 57.5 Å². The number of hydrogen-bond acceptors (Lipinski definition) is 4. The van der Waals surface area contributed by atoms with Crippen LogP contribution < -0.4 is 5.32 Å². The van der Waals surface area contributed by atoms with E-state index in [1.165, 1.54) is 10.4 Å². The van der Waals surface area contributed by atoms with E-state index < -0.39 is 0 Å². The zero-order valence-electron chi connectivity index (χ0n) is 12.8. The van der Waals surface area contributed by atoms with Crippen LogP contribution in [0.2, 0.25) is 0 Å². The molecule has 122 valence electrons. The summed E-state index contributed by atoms with van der Waals surface area (Å²) in [4.78, 5) is 2.46. The predicted molar refractivity (Wildman–Crippen MR) is 88.0 cm³/mol. The maximum Gasteiger partial charge on any atom is 0.193 e. The third kappa shape index (κ3) is 3.48. The topological polar surface area (TPSA) is 30.5 Å². The van der Waals surface area contributed by atoms with E-state index in [-0.39, 0.29) is 12.1 Å². The Bertz CT molecular complexity index is 645. The monoisotopic (exact) mass is 333 g/mol. The molecule has 1 N–H and O–H groups in total. The Morgan fingerprint density at radius 3 is 2.52 bits per heavy atom.